The van der Waals surface area contributed by atoms with E-state index in [1.807, 2.05) is 18.1 Å². The van der Waals surface area contributed by atoms with Crippen molar-refractivity contribution in [3.8, 4) is 0 Å². The Morgan fingerprint density at radius 3 is 1.85 bits per heavy atom. The maximum absolute atomic E-state index is 13.1. The van der Waals surface area contributed by atoms with Crippen molar-refractivity contribution in [3.63, 3.8) is 0 Å². The quantitative estimate of drug-likeness (QED) is 0.383. The molecule has 0 saturated heterocycles. The van der Waals surface area contributed by atoms with Gasteiger partial charge >= 0.3 is 165 Å². The Labute approximate surface area is 165 Å². The van der Waals surface area contributed by atoms with Crippen LogP contribution >= 0.6 is 0 Å². The van der Waals surface area contributed by atoms with Crippen molar-refractivity contribution in [3.05, 3.63) is 18.1 Å². The van der Waals surface area contributed by atoms with E-state index in [0.29, 0.717) is 5.69 Å². The van der Waals surface area contributed by atoms with E-state index in [1.165, 1.54) is 51.8 Å². The van der Waals surface area contributed by atoms with Gasteiger partial charge < -0.3 is 0 Å². The summed E-state index contributed by atoms with van der Waals surface area (Å²) in [6.07, 6.45) is 11.9. The minimum absolute atomic E-state index is 0.0699. The Balaban J connectivity index is 3.36. The van der Waals surface area contributed by atoms with Crippen LogP contribution in [0.25, 0.3) is 0 Å². The predicted octanol–water partition coefficient (Wildman–Crippen LogP) is 5.01. The molecule has 0 spiro atoms. The normalized spacial score (nSPS) is 11.6. The Morgan fingerprint density at radius 1 is 0.885 bits per heavy atom. The molecule has 0 aliphatic heterocycles. The summed E-state index contributed by atoms with van der Waals surface area (Å²) < 4.78 is 5.08. The molecule has 0 radical (unpaired) electrons. The Morgan fingerprint density at radius 2 is 1.38 bits per heavy atom. The molecule has 1 rings (SSSR count). The van der Waals surface area contributed by atoms with Gasteiger partial charge in [0.15, 0.2) is 0 Å². The van der Waals surface area contributed by atoms with Crippen LogP contribution < -0.4 is 3.71 Å². The molecule has 1 aromatic rings. The molecule has 1 heterocycles. The number of hydrogen-bond donors (Lipinski definition) is 0. The first kappa shape index (κ1) is 23.4. The van der Waals surface area contributed by atoms with Gasteiger partial charge in [-0.3, -0.25) is 0 Å². The number of rotatable bonds is 13. The van der Waals surface area contributed by atoms with Gasteiger partial charge in [-0.05, 0) is 0 Å². The fourth-order valence-corrected chi connectivity index (χ4v) is 19.7. The fourth-order valence-electron chi connectivity index (χ4n) is 3.78. The molecular weight excluding hydrogens is 429 g/mol. The van der Waals surface area contributed by atoms with E-state index in [0.717, 1.165) is 16.7 Å². The summed E-state index contributed by atoms with van der Waals surface area (Å²) in [6, 6.07) is 0. The molecule has 0 saturated carbocycles. The molecule has 0 N–H and O–H groups in total. The van der Waals surface area contributed by atoms with Crippen molar-refractivity contribution in [1.82, 2.24) is 14.9 Å². The molecule has 0 aliphatic carbocycles. The molecule has 0 fully saturated rings. The molecule has 0 atom stereocenters. The number of hydrogen-bond acceptors (Lipinski definition) is 3. The second-order valence-electron chi connectivity index (χ2n) is 7.57. The fraction of sp³-hybridized carbons (Fsp3) is 0.762. The SMILES string of the molecule is CCC[CH2][Sn]([CH2]CCC)([CH2]CCC)[c]1nccnc1C(=O)N(C)CCC. The second kappa shape index (κ2) is 12.7. The predicted molar refractivity (Wildman–Crippen MR) is 114 cm³/mol. The monoisotopic (exact) mass is 469 g/mol. The molecule has 26 heavy (non-hydrogen) atoms. The molecule has 1 aromatic heterocycles. The number of nitrogens with zero attached hydrogens (tertiary/aromatic N) is 3. The van der Waals surface area contributed by atoms with Crippen LogP contribution in [0.4, 0.5) is 0 Å². The van der Waals surface area contributed by atoms with E-state index in [2.05, 4.69) is 32.7 Å². The van der Waals surface area contributed by atoms with E-state index < -0.39 is 18.4 Å². The summed E-state index contributed by atoms with van der Waals surface area (Å²) in [4.78, 5) is 24.3. The van der Waals surface area contributed by atoms with E-state index in [9.17, 15) is 4.79 Å². The molecule has 0 unspecified atom stereocenters. The second-order valence-corrected chi connectivity index (χ2v) is 20.5. The Kier molecular flexibility index (Phi) is 11.4. The third-order valence-corrected chi connectivity index (χ3v) is 20.5. The Hall–Kier alpha value is -0.651. The van der Waals surface area contributed by atoms with Crippen molar-refractivity contribution >= 4 is 28.0 Å². The molecular formula is C21H39N3OSn. The van der Waals surface area contributed by atoms with Crippen molar-refractivity contribution in [2.75, 3.05) is 13.6 Å². The molecule has 4 nitrogen and oxygen atoms in total. The van der Waals surface area contributed by atoms with E-state index >= 15 is 0 Å². The van der Waals surface area contributed by atoms with Crippen LogP contribution in [-0.2, 0) is 0 Å². The first-order chi connectivity index (χ1) is 12.6. The van der Waals surface area contributed by atoms with Crippen molar-refractivity contribution in [2.45, 2.75) is 86.0 Å². The zero-order valence-corrected chi connectivity index (χ0v) is 20.5. The topological polar surface area (TPSA) is 46.1 Å². The number of carbonyl (C=O) groups excluding carboxylic acids is 1. The number of amides is 1. The third-order valence-electron chi connectivity index (χ3n) is 5.34. The van der Waals surface area contributed by atoms with Crippen LogP contribution in [0.2, 0.25) is 13.3 Å². The van der Waals surface area contributed by atoms with Gasteiger partial charge in [0.05, 0.1) is 0 Å². The van der Waals surface area contributed by atoms with E-state index in [4.69, 9.17) is 4.98 Å². The van der Waals surface area contributed by atoms with E-state index in [1.54, 1.807) is 6.20 Å². The molecule has 0 aromatic carbocycles. The average Bonchev–Trinajstić information content (AvgIpc) is 2.67. The minimum atomic E-state index is -2.76. The summed E-state index contributed by atoms with van der Waals surface area (Å²) in [7, 11) is 1.89. The van der Waals surface area contributed by atoms with Gasteiger partial charge in [0.25, 0.3) is 0 Å². The van der Waals surface area contributed by atoms with Crippen molar-refractivity contribution in [1.29, 1.82) is 0 Å². The van der Waals surface area contributed by atoms with Crippen LogP contribution in [0.3, 0.4) is 0 Å². The van der Waals surface area contributed by atoms with Crippen molar-refractivity contribution < 1.29 is 4.79 Å². The molecule has 0 aliphatic rings. The first-order valence-electron chi connectivity index (χ1n) is 10.6. The zero-order chi connectivity index (χ0) is 19.4. The van der Waals surface area contributed by atoms with Gasteiger partial charge in [-0.25, -0.2) is 0 Å². The van der Waals surface area contributed by atoms with Crippen LogP contribution in [0, 0.1) is 0 Å². The molecule has 5 heteroatoms. The summed E-state index contributed by atoms with van der Waals surface area (Å²) in [5, 5.41) is 0. The first-order valence-corrected chi connectivity index (χ1v) is 18.1. The number of unbranched alkanes of at least 4 members (excludes halogenated alkanes) is 3. The van der Waals surface area contributed by atoms with Crippen LogP contribution in [0.15, 0.2) is 12.4 Å². The summed E-state index contributed by atoms with van der Waals surface area (Å²) in [5.74, 6) is 0.0699. The summed E-state index contributed by atoms with van der Waals surface area (Å²) in [6.45, 7) is 9.70. The molecule has 1 amide bonds. The Bertz CT molecular complexity index is 514. The average molecular weight is 468 g/mol. The summed E-state index contributed by atoms with van der Waals surface area (Å²) in [5.41, 5.74) is 0.669. The van der Waals surface area contributed by atoms with Gasteiger partial charge in [0, 0.05) is 0 Å². The van der Waals surface area contributed by atoms with E-state index in [-0.39, 0.29) is 5.91 Å². The van der Waals surface area contributed by atoms with Gasteiger partial charge in [-0.1, -0.05) is 0 Å². The number of aromatic nitrogens is 2. The third kappa shape index (κ3) is 6.50. The molecule has 148 valence electrons. The summed E-state index contributed by atoms with van der Waals surface area (Å²) >= 11 is -2.76. The zero-order valence-electron chi connectivity index (χ0n) is 17.7. The van der Waals surface area contributed by atoms with Gasteiger partial charge in [-0.2, -0.15) is 0 Å². The maximum atomic E-state index is 13.1. The molecule has 0 bridgehead atoms. The van der Waals surface area contributed by atoms with Crippen molar-refractivity contribution in [2.24, 2.45) is 0 Å². The van der Waals surface area contributed by atoms with Crippen LogP contribution in [-0.4, -0.2) is 52.7 Å². The standard InChI is InChI=1S/C9H12N3O.3C4H9.Sn/c1-3-6-12(2)9(13)8-7-10-4-5-11-8;3*1-3-4-2;/h4-5H,3,6H2,1-2H3;3*1,3-4H2,2H3;. The number of carbonyl (C=O) groups is 1. The van der Waals surface area contributed by atoms with Gasteiger partial charge in [-0.15, -0.1) is 0 Å². The van der Waals surface area contributed by atoms with Crippen LogP contribution in [0.1, 0.15) is 83.1 Å². The van der Waals surface area contributed by atoms with Gasteiger partial charge in [0.1, 0.15) is 0 Å². The van der Waals surface area contributed by atoms with Crippen LogP contribution in [0.5, 0.6) is 0 Å². The van der Waals surface area contributed by atoms with Gasteiger partial charge in [0.2, 0.25) is 0 Å².